The Labute approximate surface area is 120 Å². The highest BCUT2D eigenvalue weighted by Gasteiger charge is 2.26. The van der Waals surface area contributed by atoms with E-state index in [1.165, 1.54) is 6.33 Å². The third-order valence-corrected chi connectivity index (χ3v) is 4.18. The molecule has 108 valence electrons. The summed E-state index contributed by atoms with van der Waals surface area (Å²) in [4.78, 5) is 8.31. The Hall–Kier alpha value is -0.870. The quantitative estimate of drug-likeness (QED) is 0.753. The van der Waals surface area contributed by atoms with Gasteiger partial charge in [-0.15, -0.1) is 0 Å². The first-order valence-electron chi connectivity index (χ1n) is 6.84. The number of aliphatic hydroxyl groups excluding tert-OH is 1. The molecule has 1 aromatic rings. The van der Waals surface area contributed by atoms with Gasteiger partial charge in [0.05, 0.1) is 6.61 Å². The second-order valence-electron chi connectivity index (χ2n) is 5.30. The highest BCUT2D eigenvalue weighted by Crippen LogP contribution is 2.30. The van der Waals surface area contributed by atoms with Gasteiger partial charge in [0.15, 0.2) is 0 Å². The van der Waals surface area contributed by atoms with Crippen LogP contribution in [0.25, 0.3) is 0 Å². The Bertz CT molecular complexity index is 397. The second-order valence-corrected chi connectivity index (χ2v) is 5.66. The van der Waals surface area contributed by atoms with E-state index in [4.69, 9.17) is 11.6 Å². The number of halogens is 1. The van der Waals surface area contributed by atoms with Crippen molar-refractivity contribution in [3.8, 4) is 0 Å². The molecular formula is C14H24ClN3O. The van der Waals surface area contributed by atoms with Gasteiger partial charge in [0.2, 0.25) is 0 Å². The van der Waals surface area contributed by atoms with Crippen molar-refractivity contribution in [2.45, 2.75) is 46.5 Å². The lowest BCUT2D eigenvalue weighted by Crippen LogP contribution is -2.32. The molecule has 0 aliphatic heterocycles. The van der Waals surface area contributed by atoms with Gasteiger partial charge in [0.25, 0.3) is 0 Å². The number of hydrogen-bond donors (Lipinski definition) is 2. The number of nitrogens with zero attached hydrogens (tertiary/aromatic N) is 2. The first kappa shape index (κ1) is 16.2. The molecule has 0 unspecified atom stereocenters. The Balaban J connectivity index is 2.91. The van der Waals surface area contributed by atoms with Crippen LogP contribution in [0.2, 0.25) is 5.15 Å². The lowest BCUT2D eigenvalue weighted by atomic mass is 9.83. The summed E-state index contributed by atoms with van der Waals surface area (Å²) in [5.74, 6) is 1.03. The third kappa shape index (κ3) is 3.80. The molecule has 0 fully saturated rings. The van der Waals surface area contributed by atoms with Gasteiger partial charge in [-0.05, 0) is 18.8 Å². The normalized spacial score (nSPS) is 11.9. The van der Waals surface area contributed by atoms with Crippen molar-refractivity contribution in [2.75, 3.05) is 18.5 Å². The number of rotatable bonds is 7. The van der Waals surface area contributed by atoms with Gasteiger partial charge in [-0.1, -0.05) is 39.3 Å². The molecule has 5 heteroatoms. The van der Waals surface area contributed by atoms with Gasteiger partial charge in [-0.2, -0.15) is 0 Å². The van der Waals surface area contributed by atoms with Crippen molar-refractivity contribution < 1.29 is 5.11 Å². The maximum Gasteiger partial charge on any atom is 0.138 e. The van der Waals surface area contributed by atoms with E-state index in [1.807, 2.05) is 0 Å². The van der Waals surface area contributed by atoms with Gasteiger partial charge >= 0.3 is 0 Å². The number of aliphatic hydroxyl groups is 1. The molecule has 19 heavy (non-hydrogen) atoms. The van der Waals surface area contributed by atoms with E-state index in [2.05, 4.69) is 43.0 Å². The Morgan fingerprint density at radius 3 is 2.42 bits per heavy atom. The lowest BCUT2D eigenvalue weighted by Gasteiger charge is -2.30. The standard InChI is InChI=1S/C14H24ClN3O/c1-5-14(6-2,8-19)7-16-13-11(10(3)4)12(15)17-9-18-13/h9-10,19H,5-8H2,1-4H3,(H,16,17,18). The van der Waals surface area contributed by atoms with Crippen LogP contribution in [0.5, 0.6) is 0 Å². The van der Waals surface area contributed by atoms with E-state index in [0.29, 0.717) is 11.7 Å². The van der Waals surface area contributed by atoms with Crippen molar-refractivity contribution >= 4 is 17.4 Å². The van der Waals surface area contributed by atoms with Crippen molar-refractivity contribution in [2.24, 2.45) is 5.41 Å². The summed E-state index contributed by atoms with van der Waals surface area (Å²) >= 11 is 6.14. The number of aromatic nitrogens is 2. The zero-order valence-electron chi connectivity index (χ0n) is 12.2. The molecule has 0 saturated heterocycles. The Morgan fingerprint density at radius 2 is 1.95 bits per heavy atom. The summed E-state index contributed by atoms with van der Waals surface area (Å²) in [6, 6.07) is 0. The van der Waals surface area contributed by atoms with Gasteiger partial charge in [0, 0.05) is 17.5 Å². The molecule has 0 aromatic carbocycles. The summed E-state index contributed by atoms with van der Waals surface area (Å²) in [6.45, 7) is 9.17. The minimum Gasteiger partial charge on any atom is -0.396 e. The zero-order chi connectivity index (χ0) is 14.5. The predicted molar refractivity (Wildman–Crippen MR) is 79.7 cm³/mol. The molecule has 0 aliphatic carbocycles. The molecule has 1 rings (SSSR count). The molecule has 0 saturated carbocycles. The first-order valence-corrected chi connectivity index (χ1v) is 7.22. The fourth-order valence-corrected chi connectivity index (χ4v) is 2.43. The highest BCUT2D eigenvalue weighted by atomic mass is 35.5. The van der Waals surface area contributed by atoms with Crippen LogP contribution in [0.4, 0.5) is 5.82 Å². The number of nitrogens with one attached hydrogen (secondary N) is 1. The summed E-state index contributed by atoms with van der Waals surface area (Å²) < 4.78 is 0. The molecular weight excluding hydrogens is 262 g/mol. The molecule has 0 aliphatic rings. The van der Waals surface area contributed by atoms with Gasteiger partial charge in [-0.25, -0.2) is 9.97 Å². The molecule has 1 aromatic heterocycles. The van der Waals surface area contributed by atoms with Gasteiger partial charge < -0.3 is 10.4 Å². The minimum atomic E-state index is -0.105. The topological polar surface area (TPSA) is 58.0 Å². The van der Waals surface area contributed by atoms with Crippen molar-refractivity contribution in [1.82, 2.24) is 9.97 Å². The maximum absolute atomic E-state index is 9.59. The van der Waals surface area contributed by atoms with Gasteiger partial charge in [0.1, 0.15) is 17.3 Å². The second kappa shape index (κ2) is 7.06. The summed E-state index contributed by atoms with van der Waals surface area (Å²) in [5, 5.41) is 13.4. The largest absolute Gasteiger partial charge is 0.396 e. The van der Waals surface area contributed by atoms with Crippen LogP contribution >= 0.6 is 11.6 Å². The van der Waals surface area contributed by atoms with Gasteiger partial charge in [-0.3, -0.25) is 0 Å². The fourth-order valence-electron chi connectivity index (χ4n) is 2.08. The van der Waals surface area contributed by atoms with Crippen LogP contribution in [-0.2, 0) is 0 Å². The third-order valence-electron chi connectivity index (χ3n) is 3.88. The Morgan fingerprint density at radius 1 is 1.32 bits per heavy atom. The average Bonchev–Trinajstić information content (AvgIpc) is 2.40. The van der Waals surface area contributed by atoms with Crippen molar-refractivity contribution in [3.63, 3.8) is 0 Å². The summed E-state index contributed by atoms with van der Waals surface area (Å²) in [7, 11) is 0. The number of anilines is 1. The smallest absolute Gasteiger partial charge is 0.138 e. The minimum absolute atomic E-state index is 0.105. The SMILES string of the molecule is CCC(CC)(CO)CNc1ncnc(Cl)c1C(C)C. The van der Waals surface area contributed by atoms with Crippen molar-refractivity contribution in [3.05, 3.63) is 17.0 Å². The van der Waals surface area contributed by atoms with E-state index in [-0.39, 0.29) is 17.9 Å². The Kier molecular flexibility index (Phi) is 6.01. The van der Waals surface area contributed by atoms with Crippen LogP contribution < -0.4 is 5.32 Å². The summed E-state index contributed by atoms with van der Waals surface area (Å²) in [6.07, 6.45) is 3.31. The van der Waals surface area contributed by atoms with Crippen LogP contribution in [0, 0.1) is 5.41 Å². The van der Waals surface area contributed by atoms with Crippen LogP contribution in [0.1, 0.15) is 52.0 Å². The highest BCUT2D eigenvalue weighted by molar-refractivity contribution is 6.30. The van der Waals surface area contributed by atoms with E-state index in [0.717, 1.165) is 24.2 Å². The lowest BCUT2D eigenvalue weighted by molar-refractivity contribution is 0.127. The summed E-state index contributed by atoms with van der Waals surface area (Å²) in [5.41, 5.74) is 0.828. The van der Waals surface area contributed by atoms with E-state index in [1.54, 1.807) is 0 Å². The van der Waals surface area contributed by atoms with Crippen molar-refractivity contribution in [1.29, 1.82) is 0 Å². The predicted octanol–water partition coefficient (Wildman–Crippen LogP) is 3.46. The average molecular weight is 286 g/mol. The monoisotopic (exact) mass is 285 g/mol. The molecule has 4 nitrogen and oxygen atoms in total. The fraction of sp³-hybridized carbons (Fsp3) is 0.714. The molecule has 0 spiro atoms. The molecule has 1 heterocycles. The molecule has 0 atom stereocenters. The van der Waals surface area contributed by atoms with Crippen LogP contribution in [-0.4, -0.2) is 28.2 Å². The molecule has 0 radical (unpaired) electrons. The van der Waals surface area contributed by atoms with Crippen LogP contribution in [0.3, 0.4) is 0 Å². The molecule has 0 amide bonds. The van der Waals surface area contributed by atoms with E-state index < -0.39 is 0 Å². The van der Waals surface area contributed by atoms with E-state index >= 15 is 0 Å². The van der Waals surface area contributed by atoms with E-state index in [9.17, 15) is 5.11 Å². The maximum atomic E-state index is 9.59. The van der Waals surface area contributed by atoms with Crippen LogP contribution in [0.15, 0.2) is 6.33 Å². The zero-order valence-corrected chi connectivity index (χ0v) is 13.0. The number of hydrogen-bond acceptors (Lipinski definition) is 4. The molecule has 2 N–H and O–H groups in total. The first-order chi connectivity index (χ1) is 8.99. The molecule has 0 bridgehead atoms.